The van der Waals surface area contributed by atoms with E-state index in [1.54, 1.807) is 0 Å². The van der Waals surface area contributed by atoms with E-state index >= 15 is 0 Å². The van der Waals surface area contributed by atoms with Crippen molar-refractivity contribution in [2.75, 3.05) is 0 Å². The van der Waals surface area contributed by atoms with Gasteiger partial charge in [-0.2, -0.15) is 0 Å². The molecule has 0 bridgehead atoms. The highest BCUT2D eigenvalue weighted by atomic mass is 16.1. The van der Waals surface area contributed by atoms with Crippen molar-refractivity contribution in [1.29, 1.82) is 0 Å². The van der Waals surface area contributed by atoms with E-state index in [0.717, 1.165) is 27.8 Å². The van der Waals surface area contributed by atoms with Crippen molar-refractivity contribution in [3.63, 3.8) is 0 Å². The van der Waals surface area contributed by atoms with E-state index in [-0.39, 0.29) is 11.9 Å². The van der Waals surface area contributed by atoms with Crippen LogP contribution in [0.4, 0.5) is 0 Å². The number of hydrogen-bond acceptors (Lipinski definition) is 1. The second-order valence-corrected chi connectivity index (χ2v) is 5.98. The Balaban J connectivity index is 1.95. The summed E-state index contributed by atoms with van der Waals surface area (Å²) in [5, 5.41) is 3.20. The van der Waals surface area contributed by atoms with Crippen LogP contribution in [0.25, 0.3) is 0 Å². The molecule has 1 amide bonds. The lowest BCUT2D eigenvalue weighted by molar-refractivity contribution is 0.0942. The fraction of sp³-hybridized carbons (Fsp3) is 0.136. The maximum absolute atomic E-state index is 12.9. The summed E-state index contributed by atoms with van der Waals surface area (Å²) in [6.07, 6.45) is 0. The molecule has 0 radical (unpaired) electrons. The summed E-state index contributed by atoms with van der Waals surface area (Å²) >= 11 is 0. The highest BCUT2D eigenvalue weighted by molar-refractivity contribution is 5.96. The first-order valence-electron chi connectivity index (χ1n) is 8.14. The van der Waals surface area contributed by atoms with Crippen LogP contribution in [-0.4, -0.2) is 5.91 Å². The maximum atomic E-state index is 12.9. The number of benzene rings is 3. The molecule has 0 aliphatic carbocycles. The summed E-state index contributed by atoms with van der Waals surface area (Å²) in [4.78, 5) is 12.9. The van der Waals surface area contributed by atoms with Crippen LogP contribution in [0.3, 0.4) is 0 Å². The average Bonchev–Trinajstić information content (AvgIpc) is 2.63. The molecule has 0 aromatic heterocycles. The third-order valence-electron chi connectivity index (χ3n) is 4.39. The third-order valence-corrected chi connectivity index (χ3v) is 4.39. The number of rotatable bonds is 4. The molecule has 0 unspecified atom stereocenters. The number of hydrogen-bond donors (Lipinski definition) is 1. The fourth-order valence-corrected chi connectivity index (χ4v) is 2.86. The number of amides is 1. The van der Waals surface area contributed by atoms with Crippen molar-refractivity contribution < 1.29 is 4.79 Å². The number of aryl methyl sites for hydroxylation is 1. The molecule has 0 saturated heterocycles. The van der Waals surface area contributed by atoms with Crippen molar-refractivity contribution in [3.8, 4) is 0 Å². The largest absolute Gasteiger partial charge is 0.341 e. The Bertz CT molecular complexity index is 786. The molecular formula is C22H21NO. The minimum atomic E-state index is -0.167. The van der Waals surface area contributed by atoms with Gasteiger partial charge >= 0.3 is 0 Å². The zero-order valence-electron chi connectivity index (χ0n) is 14.0. The van der Waals surface area contributed by atoms with Crippen LogP contribution in [0, 0.1) is 13.8 Å². The van der Waals surface area contributed by atoms with Gasteiger partial charge in [0.1, 0.15) is 0 Å². The topological polar surface area (TPSA) is 29.1 Å². The molecule has 0 saturated carbocycles. The van der Waals surface area contributed by atoms with Crippen LogP contribution in [0.2, 0.25) is 0 Å². The first-order chi connectivity index (χ1) is 11.7. The standard InChI is InChI=1S/C22H21NO/c1-16-10-9-15-20(17(16)2)22(24)23-21(18-11-5-3-6-12-18)19-13-7-4-8-14-19/h3-15,21H,1-2H3,(H,23,24). The summed E-state index contributed by atoms with van der Waals surface area (Å²) in [5.74, 6) is -0.0473. The zero-order chi connectivity index (χ0) is 16.9. The van der Waals surface area contributed by atoms with Crippen LogP contribution >= 0.6 is 0 Å². The Labute approximate surface area is 143 Å². The van der Waals surface area contributed by atoms with Gasteiger partial charge in [0.25, 0.3) is 5.91 Å². The van der Waals surface area contributed by atoms with Crippen molar-refractivity contribution in [2.24, 2.45) is 0 Å². The molecule has 0 aliphatic rings. The quantitative estimate of drug-likeness (QED) is 0.734. The Morgan fingerprint density at radius 2 is 1.29 bits per heavy atom. The Morgan fingerprint density at radius 1 is 0.750 bits per heavy atom. The first kappa shape index (κ1) is 16.0. The predicted octanol–water partition coefficient (Wildman–Crippen LogP) is 4.82. The second-order valence-electron chi connectivity index (χ2n) is 5.98. The van der Waals surface area contributed by atoms with Crippen LogP contribution in [0.5, 0.6) is 0 Å². The molecule has 3 aromatic carbocycles. The minimum absolute atomic E-state index is 0.0473. The van der Waals surface area contributed by atoms with Crippen molar-refractivity contribution in [1.82, 2.24) is 5.32 Å². The summed E-state index contributed by atoms with van der Waals surface area (Å²) in [5.41, 5.74) is 5.02. The number of carbonyl (C=O) groups excluding carboxylic acids is 1. The van der Waals surface area contributed by atoms with Gasteiger partial charge in [-0.05, 0) is 42.2 Å². The fourth-order valence-electron chi connectivity index (χ4n) is 2.86. The normalized spacial score (nSPS) is 10.6. The molecule has 0 atom stereocenters. The summed E-state index contributed by atoms with van der Waals surface area (Å²) in [7, 11) is 0. The molecule has 2 nitrogen and oxygen atoms in total. The molecule has 2 heteroatoms. The van der Waals surface area contributed by atoms with Gasteiger partial charge in [-0.1, -0.05) is 72.8 Å². The molecule has 0 aliphatic heterocycles. The molecule has 120 valence electrons. The third kappa shape index (κ3) is 3.38. The lowest BCUT2D eigenvalue weighted by Crippen LogP contribution is -2.30. The van der Waals surface area contributed by atoms with Gasteiger partial charge < -0.3 is 5.32 Å². The SMILES string of the molecule is Cc1cccc(C(=O)NC(c2ccccc2)c2ccccc2)c1C. The highest BCUT2D eigenvalue weighted by Gasteiger charge is 2.18. The van der Waals surface area contributed by atoms with Gasteiger partial charge in [0.15, 0.2) is 0 Å². The Kier molecular flexibility index (Phi) is 4.76. The molecule has 0 spiro atoms. The highest BCUT2D eigenvalue weighted by Crippen LogP contribution is 2.23. The van der Waals surface area contributed by atoms with Gasteiger partial charge in [0.2, 0.25) is 0 Å². The van der Waals surface area contributed by atoms with Crippen molar-refractivity contribution in [3.05, 3.63) is 107 Å². The molecule has 3 aromatic rings. The van der Waals surface area contributed by atoms with Crippen LogP contribution in [-0.2, 0) is 0 Å². The molecule has 0 heterocycles. The van der Waals surface area contributed by atoms with Gasteiger partial charge in [-0.3, -0.25) is 4.79 Å². The molecule has 1 N–H and O–H groups in total. The smallest absolute Gasteiger partial charge is 0.252 e. The number of carbonyl (C=O) groups is 1. The van der Waals surface area contributed by atoms with Gasteiger partial charge in [0, 0.05) is 5.56 Å². The summed E-state index contributed by atoms with van der Waals surface area (Å²) in [6, 6.07) is 25.8. The predicted molar refractivity (Wildman–Crippen MR) is 98.1 cm³/mol. The van der Waals surface area contributed by atoms with Crippen LogP contribution in [0.1, 0.15) is 38.7 Å². The lowest BCUT2D eigenvalue weighted by Gasteiger charge is -2.21. The number of nitrogens with one attached hydrogen (secondary N) is 1. The molecular weight excluding hydrogens is 294 g/mol. The summed E-state index contributed by atoms with van der Waals surface area (Å²) in [6.45, 7) is 4.02. The van der Waals surface area contributed by atoms with Crippen molar-refractivity contribution in [2.45, 2.75) is 19.9 Å². The Hall–Kier alpha value is -2.87. The molecule has 0 fully saturated rings. The second kappa shape index (κ2) is 7.14. The van der Waals surface area contributed by atoms with E-state index in [1.165, 1.54) is 0 Å². The monoisotopic (exact) mass is 315 g/mol. The average molecular weight is 315 g/mol. The van der Waals surface area contributed by atoms with Gasteiger partial charge in [-0.15, -0.1) is 0 Å². The van der Waals surface area contributed by atoms with Gasteiger partial charge in [-0.25, -0.2) is 0 Å². The maximum Gasteiger partial charge on any atom is 0.252 e. The zero-order valence-corrected chi connectivity index (χ0v) is 14.0. The van der Waals surface area contributed by atoms with E-state index in [1.807, 2.05) is 92.7 Å². The summed E-state index contributed by atoms with van der Waals surface area (Å²) < 4.78 is 0. The lowest BCUT2D eigenvalue weighted by atomic mass is 9.97. The first-order valence-corrected chi connectivity index (χ1v) is 8.14. The molecule has 3 rings (SSSR count). The minimum Gasteiger partial charge on any atom is -0.341 e. The molecule has 24 heavy (non-hydrogen) atoms. The van der Waals surface area contributed by atoms with E-state index in [2.05, 4.69) is 5.32 Å². The van der Waals surface area contributed by atoms with E-state index < -0.39 is 0 Å². The van der Waals surface area contributed by atoms with E-state index in [9.17, 15) is 4.79 Å². The van der Waals surface area contributed by atoms with Crippen LogP contribution in [0.15, 0.2) is 78.9 Å². The van der Waals surface area contributed by atoms with E-state index in [0.29, 0.717) is 0 Å². The van der Waals surface area contributed by atoms with Gasteiger partial charge in [0.05, 0.1) is 6.04 Å². The van der Waals surface area contributed by atoms with E-state index in [4.69, 9.17) is 0 Å². The van der Waals surface area contributed by atoms with Crippen LogP contribution < -0.4 is 5.32 Å². The Morgan fingerprint density at radius 3 is 1.83 bits per heavy atom. The van der Waals surface area contributed by atoms with Crippen molar-refractivity contribution >= 4 is 5.91 Å².